The molecule has 8 heteroatoms. The molecule has 1 aliphatic carbocycles. The summed E-state index contributed by atoms with van der Waals surface area (Å²) in [6.07, 6.45) is 6.27. The van der Waals surface area contributed by atoms with Gasteiger partial charge in [0.1, 0.15) is 0 Å². The second kappa shape index (κ2) is 12.3. The number of piperazine rings is 1. The van der Waals surface area contributed by atoms with Crippen LogP contribution in [-0.2, 0) is 4.79 Å². The number of guanidine groups is 1. The second-order valence-corrected chi connectivity index (χ2v) is 11.1. The van der Waals surface area contributed by atoms with E-state index in [1.165, 1.54) is 19.3 Å². The lowest BCUT2D eigenvalue weighted by Gasteiger charge is -2.38. The monoisotopic (exact) mass is 529 g/mol. The van der Waals surface area contributed by atoms with Crippen molar-refractivity contribution in [2.24, 2.45) is 10.7 Å². The van der Waals surface area contributed by atoms with Gasteiger partial charge >= 0.3 is 0 Å². The molecular weight excluding hydrogens is 493 g/mol. The summed E-state index contributed by atoms with van der Waals surface area (Å²) in [6.45, 7) is 6.26. The van der Waals surface area contributed by atoms with Gasteiger partial charge in [0.15, 0.2) is 5.96 Å². The van der Waals surface area contributed by atoms with Crippen LogP contribution in [-0.4, -0.2) is 48.0 Å². The van der Waals surface area contributed by atoms with Crippen LogP contribution in [0.4, 0.5) is 5.69 Å². The van der Waals surface area contributed by atoms with E-state index >= 15 is 0 Å². The van der Waals surface area contributed by atoms with Crippen LogP contribution in [0.1, 0.15) is 69.4 Å². The van der Waals surface area contributed by atoms with Gasteiger partial charge in [-0.25, -0.2) is 4.99 Å². The summed E-state index contributed by atoms with van der Waals surface area (Å²) in [6, 6.07) is 14.7. The molecule has 36 heavy (non-hydrogen) atoms. The molecule has 6 nitrogen and oxygen atoms in total. The summed E-state index contributed by atoms with van der Waals surface area (Å²) in [5.41, 5.74) is 8.36. The lowest BCUT2D eigenvalue weighted by Crippen LogP contribution is -2.57. The molecule has 0 spiro atoms. The number of benzene rings is 2. The summed E-state index contributed by atoms with van der Waals surface area (Å²) in [5.74, 6) is 0.327. The number of halogens is 2. The number of rotatable bonds is 6. The highest BCUT2D eigenvalue weighted by Crippen LogP contribution is 2.35. The summed E-state index contributed by atoms with van der Waals surface area (Å²) in [7, 11) is 0. The van der Waals surface area contributed by atoms with E-state index in [0.29, 0.717) is 28.2 Å². The van der Waals surface area contributed by atoms with E-state index in [-0.39, 0.29) is 18.2 Å². The molecule has 194 valence electrons. The van der Waals surface area contributed by atoms with Crippen molar-refractivity contribution in [1.29, 1.82) is 0 Å². The van der Waals surface area contributed by atoms with E-state index in [0.717, 1.165) is 48.7 Å². The third-order valence-electron chi connectivity index (χ3n) is 7.05. The van der Waals surface area contributed by atoms with Gasteiger partial charge < -0.3 is 21.3 Å². The quantitative estimate of drug-likeness (QED) is 0.327. The summed E-state index contributed by atoms with van der Waals surface area (Å²) < 4.78 is 0. The number of nitrogens with zero attached hydrogens (tertiary/aromatic N) is 2. The topological polar surface area (TPSA) is 82.8 Å². The van der Waals surface area contributed by atoms with Gasteiger partial charge in [-0.1, -0.05) is 60.7 Å². The number of carbonyl (C=O) groups is 1. The normalized spacial score (nSPS) is 22.3. The Morgan fingerprint density at radius 3 is 2.36 bits per heavy atom. The number of nitrogens with one attached hydrogen (secondary N) is 2. The first-order valence-electron chi connectivity index (χ1n) is 13.0. The highest BCUT2D eigenvalue weighted by atomic mass is 35.5. The minimum atomic E-state index is -0.378. The molecule has 1 amide bonds. The standard InChI is InChI=1S/C28H37Cl2N5O/c1-18-16-35(17-19(2)32-18)28(33-22-6-4-3-5-7-22)34-23-11-8-20(9-12-23)25(15-27(31)36)24-13-10-21(29)14-26(24)30/h8-14,18-19,22,25,32H,3-7,15-17H2,1-2H3,(H2,31,36)(H,33,34)/t18-,19-,25?/m1/s1. The highest BCUT2D eigenvalue weighted by molar-refractivity contribution is 6.35. The molecule has 3 atom stereocenters. The number of aliphatic imine (C=N–C) groups is 1. The number of hydrogen-bond acceptors (Lipinski definition) is 3. The van der Waals surface area contributed by atoms with Crippen molar-refractivity contribution in [3.05, 3.63) is 63.6 Å². The molecule has 1 saturated heterocycles. The predicted octanol–water partition coefficient (Wildman–Crippen LogP) is 5.78. The van der Waals surface area contributed by atoms with Crippen LogP contribution in [0.15, 0.2) is 47.5 Å². The number of primary amides is 1. The molecule has 2 aromatic rings. The van der Waals surface area contributed by atoms with E-state index in [2.05, 4.69) is 29.4 Å². The number of anilines is 1. The van der Waals surface area contributed by atoms with Crippen LogP contribution >= 0.6 is 23.2 Å². The van der Waals surface area contributed by atoms with Gasteiger partial charge in [0.2, 0.25) is 5.91 Å². The maximum atomic E-state index is 11.9. The maximum absolute atomic E-state index is 11.9. The molecule has 1 aliphatic heterocycles. The van der Waals surface area contributed by atoms with Crippen molar-refractivity contribution in [3.8, 4) is 0 Å². The van der Waals surface area contributed by atoms with Gasteiger partial charge in [0.05, 0.1) is 6.04 Å². The van der Waals surface area contributed by atoms with Gasteiger partial charge in [-0.05, 0) is 62.1 Å². The van der Waals surface area contributed by atoms with Crippen molar-refractivity contribution in [2.75, 3.05) is 18.4 Å². The average molecular weight is 531 g/mol. The molecule has 4 N–H and O–H groups in total. The highest BCUT2D eigenvalue weighted by Gasteiger charge is 2.25. The number of carbonyl (C=O) groups excluding carboxylic acids is 1. The van der Waals surface area contributed by atoms with Crippen molar-refractivity contribution < 1.29 is 4.79 Å². The molecule has 1 unspecified atom stereocenters. The van der Waals surface area contributed by atoms with Crippen molar-refractivity contribution >= 4 is 40.8 Å². The third kappa shape index (κ3) is 7.15. The molecule has 2 aromatic carbocycles. The van der Waals surface area contributed by atoms with E-state index in [1.807, 2.05) is 30.3 Å². The van der Waals surface area contributed by atoms with E-state index < -0.39 is 0 Å². The first-order chi connectivity index (χ1) is 17.3. The molecule has 2 fully saturated rings. The van der Waals surface area contributed by atoms with Crippen molar-refractivity contribution in [2.45, 2.75) is 76.4 Å². The Balaban J connectivity index is 1.58. The van der Waals surface area contributed by atoms with E-state index in [1.54, 1.807) is 12.1 Å². The second-order valence-electron chi connectivity index (χ2n) is 10.3. The number of hydrogen-bond donors (Lipinski definition) is 3. The van der Waals surface area contributed by atoms with Gasteiger partial charge in [0, 0.05) is 53.2 Å². The lowest BCUT2D eigenvalue weighted by atomic mass is 9.88. The van der Waals surface area contributed by atoms with Crippen molar-refractivity contribution in [1.82, 2.24) is 10.2 Å². The van der Waals surface area contributed by atoms with Crippen LogP contribution in [0.5, 0.6) is 0 Å². The Hall–Kier alpha value is -2.28. The van der Waals surface area contributed by atoms with Gasteiger partial charge in [-0.2, -0.15) is 0 Å². The summed E-state index contributed by atoms with van der Waals surface area (Å²) in [4.78, 5) is 19.5. The minimum Gasteiger partial charge on any atom is -0.370 e. The summed E-state index contributed by atoms with van der Waals surface area (Å²) in [5, 5.41) is 8.31. The molecule has 1 saturated carbocycles. The fourth-order valence-electron chi connectivity index (χ4n) is 5.40. The van der Waals surface area contributed by atoms with Gasteiger partial charge in [-0.15, -0.1) is 0 Å². The first kappa shape index (κ1) is 26.8. The lowest BCUT2D eigenvalue weighted by molar-refractivity contribution is -0.118. The Labute approximate surface area is 224 Å². The fourth-order valence-corrected chi connectivity index (χ4v) is 5.94. The Morgan fingerprint density at radius 1 is 1.08 bits per heavy atom. The van der Waals surface area contributed by atoms with Crippen LogP contribution < -0.4 is 16.4 Å². The predicted molar refractivity (Wildman–Crippen MR) is 150 cm³/mol. The van der Waals surface area contributed by atoms with E-state index in [9.17, 15) is 4.79 Å². The molecule has 4 rings (SSSR count). The molecule has 0 bridgehead atoms. The van der Waals surface area contributed by atoms with Gasteiger partial charge in [-0.3, -0.25) is 4.79 Å². The SMILES string of the molecule is C[C@@H]1CN(/C(=N\C2CCCCC2)Nc2ccc(C(CC(N)=O)c3ccc(Cl)cc3Cl)cc2)C[C@@H](C)N1. The largest absolute Gasteiger partial charge is 0.370 e. The Bertz CT molecular complexity index is 1060. The fraction of sp³-hybridized carbons (Fsp3) is 0.500. The molecule has 1 heterocycles. The maximum Gasteiger partial charge on any atom is 0.218 e. The zero-order chi connectivity index (χ0) is 25.7. The first-order valence-corrected chi connectivity index (χ1v) is 13.7. The smallest absolute Gasteiger partial charge is 0.218 e. The van der Waals surface area contributed by atoms with Crippen molar-refractivity contribution in [3.63, 3.8) is 0 Å². The van der Waals surface area contributed by atoms with Gasteiger partial charge in [0.25, 0.3) is 0 Å². The van der Waals surface area contributed by atoms with E-state index in [4.69, 9.17) is 33.9 Å². The zero-order valence-corrected chi connectivity index (χ0v) is 22.7. The Kier molecular flexibility index (Phi) is 9.15. The Morgan fingerprint density at radius 2 is 1.75 bits per heavy atom. The minimum absolute atomic E-state index is 0.166. The molecule has 2 aliphatic rings. The number of amides is 1. The van der Waals surface area contributed by atoms with Crippen LogP contribution in [0.25, 0.3) is 0 Å². The number of nitrogens with two attached hydrogens (primary N) is 1. The third-order valence-corrected chi connectivity index (χ3v) is 7.61. The zero-order valence-electron chi connectivity index (χ0n) is 21.1. The molecule has 0 radical (unpaired) electrons. The summed E-state index contributed by atoms with van der Waals surface area (Å²) >= 11 is 12.6. The average Bonchev–Trinajstić information content (AvgIpc) is 2.83. The van der Waals surface area contributed by atoms with Crippen LogP contribution in [0, 0.1) is 0 Å². The molecular formula is C28H37Cl2N5O. The van der Waals surface area contributed by atoms with Crippen LogP contribution in [0.3, 0.4) is 0 Å². The molecule has 0 aromatic heterocycles. The van der Waals surface area contributed by atoms with Crippen LogP contribution in [0.2, 0.25) is 10.0 Å².